The number of morpholine rings is 1. The Morgan fingerprint density at radius 1 is 1.19 bits per heavy atom. The van der Waals surface area contributed by atoms with Crippen LogP contribution in [0.25, 0.3) is 0 Å². The van der Waals surface area contributed by atoms with Gasteiger partial charge in [-0.15, -0.1) is 0 Å². The summed E-state index contributed by atoms with van der Waals surface area (Å²) in [6.45, 7) is 4.08. The number of cyclic esters (lactones) is 2. The quantitative estimate of drug-likeness (QED) is 0.498. The van der Waals surface area contributed by atoms with E-state index < -0.39 is 11.9 Å². The van der Waals surface area contributed by atoms with E-state index in [4.69, 9.17) is 4.74 Å². The van der Waals surface area contributed by atoms with E-state index in [0.717, 1.165) is 26.1 Å². The molecule has 2 aliphatic heterocycles. The fourth-order valence-corrected chi connectivity index (χ4v) is 2.36. The number of esters is 2. The van der Waals surface area contributed by atoms with Crippen LogP contribution in [-0.2, 0) is 19.1 Å². The first-order valence-corrected chi connectivity index (χ1v) is 5.72. The van der Waals surface area contributed by atoms with Crippen LogP contribution in [0.2, 0.25) is 0 Å². The molecule has 16 heavy (non-hydrogen) atoms. The highest BCUT2D eigenvalue weighted by Gasteiger charge is 2.32. The van der Waals surface area contributed by atoms with Crippen molar-refractivity contribution in [2.24, 2.45) is 5.92 Å². The van der Waals surface area contributed by atoms with Gasteiger partial charge in [0, 0.05) is 19.3 Å². The highest BCUT2D eigenvalue weighted by Crippen LogP contribution is 2.23. The van der Waals surface area contributed by atoms with E-state index in [1.165, 1.54) is 0 Å². The second kappa shape index (κ2) is 4.93. The lowest BCUT2D eigenvalue weighted by Gasteiger charge is -2.36. The number of carbonyl (C=O) groups excluding carboxylic acids is 2. The van der Waals surface area contributed by atoms with Crippen LogP contribution in [0.15, 0.2) is 0 Å². The molecule has 1 unspecified atom stereocenters. The van der Waals surface area contributed by atoms with Crippen LogP contribution in [-0.4, -0.2) is 49.2 Å². The lowest BCUT2D eigenvalue weighted by Crippen LogP contribution is -2.50. The van der Waals surface area contributed by atoms with Gasteiger partial charge in [-0.3, -0.25) is 14.5 Å². The minimum absolute atomic E-state index is 0.226. The van der Waals surface area contributed by atoms with Crippen molar-refractivity contribution in [2.45, 2.75) is 25.8 Å². The zero-order valence-electron chi connectivity index (χ0n) is 9.48. The van der Waals surface area contributed by atoms with Crippen molar-refractivity contribution in [2.75, 3.05) is 26.3 Å². The topological polar surface area (TPSA) is 55.8 Å². The molecule has 0 spiro atoms. The van der Waals surface area contributed by atoms with Gasteiger partial charge in [0.1, 0.15) is 0 Å². The third kappa shape index (κ3) is 2.59. The summed E-state index contributed by atoms with van der Waals surface area (Å²) < 4.78 is 9.81. The second-order valence-corrected chi connectivity index (χ2v) is 4.44. The van der Waals surface area contributed by atoms with Crippen molar-refractivity contribution in [3.63, 3.8) is 0 Å². The van der Waals surface area contributed by atoms with Gasteiger partial charge in [-0.1, -0.05) is 0 Å². The molecule has 5 heteroatoms. The van der Waals surface area contributed by atoms with Crippen molar-refractivity contribution in [3.8, 4) is 0 Å². The standard InChI is InChI=1S/C11H17NO4/c1-8(9-2-4-15-5-3-9)12-6-10(13)16-11(14)7-12/h8-9H,2-7H2,1H3. The maximum atomic E-state index is 11.2. The lowest BCUT2D eigenvalue weighted by molar-refractivity contribution is -0.168. The molecule has 0 aromatic rings. The molecule has 0 bridgehead atoms. The van der Waals surface area contributed by atoms with Gasteiger partial charge in [0.15, 0.2) is 0 Å². The summed E-state index contributed by atoms with van der Waals surface area (Å²) in [4.78, 5) is 24.2. The molecular formula is C11H17NO4. The first-order valence-electron chi connectivity index (χ1n) is 5.72. The SMILES string of the molecule is CC(C1CCOCC1)N1CC(=O)OC(=O)C1. The highest BCUT2D eigenvalue weighted by atomic mass is 16.6. The molecule has 2 rings (SSSR count). The molecule has 0 aliphatic carbocycles. The van der Waals surface area contributed by atoms with E-state index in [-0.39, 0.29) is 19.1 Å². The molecule has 5 nitrogen and oxygen atoms in total. The van der Waals surface area contributed by atoms with Gasteiger partial charge in [-0.2, -0.15) is 0 Å². The lowest BCUT2D eigenvalue weighted by atomic mass is 9.91. The summed E-state index contributed by atoms with van der Waals surface area (Å²) in [5, 5.41) is 0. The van der Waals surface area contributed by atoms with Crippen molar-refractivity contribution in [1.82, 2.24) is 4.90 Å². The van der Waals surface area contributed by atoms with Crippen LogP contribution < -0.4 is 0 Å². The number of hydrogen-bond donors (Lipinski definition) is 0. The summed E-state index contributed by atoms with van der Waals surface area (Å²) >= 11 is 0. The Balaban J connectivity index is 1.94. The Morgan fingerprint density at radius 2 is 1.75 bits per heavy atom. The first-order chi connectivity index (χ1) is 7.66. The summed E-state index contributed by atoms with van der Waals surface area (Å²) in [6.07, 6.45) is 2.00. The average molecular weight is 227 g/mol. The van der Waals surface area contributed by atoms with Crippen molar-refractivity contribution in [1.29, 1.82) is 0 Å². The Morgan fingerprint density at radius 3 is 2.31 bits per heavy atom. The molecule has 0 amide bonds. The Bertz CT molecular complexity index is 270. The zero-order chi connectivity index (χ0) is 11.5. The Labute approximate surface area is 94.7 Å². The maximum absolute atomic E-state index is 11.2. The second-order valence-electron chi connectivity index (χ2n) is 4.44. The predicted molar refractivity (Wildman–Crippen MR) is 55.7 cm³/mol. The van der Waals surface area contributed by atoms with Crippen LogP contribution in [0.5, 0.6) is 0 Å². The average Bonchev–Trinajstić information content (AvgIpc) is 2.28. The van der Waals surface area contributed by atoms with Crippen LogP contribution in [0, 0.1) is 5.92 Å². The third-order valence-electron chi connectivity index (χ3n) is 3.42. The number of ether oxygens (including phenoxy) is 2. The third-order valence-corrected chi connectivity index (χ3v) is 3.42. The molecule has 90 valence electrons. The highest BCUT2D eigenvalue weighted by molar-refractivity contribution is 5.90. The normalized spacial score (nSPS) is 26.6. The smallest absolute Gasteiger partial charge is 0.327 e. The van der Waals surface area contributed by atoms with E-state index in [9.17, 15) is 9.59 Å². The molecular weight excluding hydrogens is 210 g/mol. The van der Waals surface area contributed by atoms with E-state index in [1.54, 1.807) is 0 Å². The van der Waals surface area contributed by atoms with Gasteiger partial charge < -0.3 is 9.47 Å². The molecule has 2 fully saturated rings. The van der Waals surface area contributed by atoms with Crippen molar-refractivity contribution < 1.29 is 19.1 Å². The minimum atomic E-state index is -0.435. The monoisotopic (exact) mass is 227 g/mol. The summed E-state index contributed by atoms with van der Waals surface area (Å²) in [7, 11) is 0. The number of carbonyl (C=O) groups is 2. The van der Waals surface area contributed by atoms with E-state index in [1.807, 2.05) is 4.90 Å². The molecule has 2 saturated heterocycles. The zero-order valence-corrected chi connectivity index (χ0v) is 9.48. The molecule has 2 aliphatic rings. The molecule has 0 N–H and O–H groups in total. The van der Waals surface area contributed by atoms with Gasteiger partial charge in [-0.25, -0.2) is 0 Å². The number of hydrogen-bond acceptors (Lipinski definition) is 5. The maximum Gasteiger partial charge on any atom is 0.327 e. The molecule has 0 aromatic carbocycles. The van der Waals surface area contributed by atoms with Crippen molar-refractivity contribution in [3.05, 3.63) is 0 Å². The van der Waals surface area contributed by atoms with E-state index in [0.29, 0.717) is 5.92 Å². The predicted octanol–water partition coefficient (Wildman–Crippen LogP) is 0.187. The van der Waals surface area contributed by atoms with Gasteiger partial charge >= 0.3 is 11.9 Å². The van der Waals surface area contributed by atoms with E-state index in [2.05, 4.69) is 11.7 Å². The van der Waals surface area contributed by atoms with Crippen molar-refractivity contribution >= 4 is 11.9 Å². The Kier molecular flexibility index (Phi) is 3.56. The molecule has 2 heterocycles. The van der Waals surface area contributed by atoms with Gasteiger partial charge in [0.2, 0.25) is 0 Å². The summed E-state index contributed by atoms with van der Waals surface area (Å²) in [5.41, 5.74) is 0. The van der Waals surface area contributed by atoms with Gasteiger partial charge in [-0.05, 0) is 25.7 Å². The largest absolute Gasteiger partial charge is 0.391 e. The van der Waals surface area contributed by atoms with Gasteiger partial charge in [0.25, 0.3) is 0 Å². The molecule has 0 aromatic heterocycles. The fraction of sp³-hybridized carbons (Fsp3) is 0.818. The van der Waals surface area contributed by atoms with Crippen LogP contribution in [0.1, 0.15) is 19.8 Å². The first kappa shape index (κ1) is 11.5. The number of rotatable bonds is 2. The fourth-order valence-electron chi connectivity index (χ4n) is 2.36. The molecule has 1 atom stereocenters. The van der Waals surface area contributed by atoms with Crippen LogP contribution >= 0.6 is 0 Å². The Hall–Kier alpha value is -0.940. The summed E-state index contributed by atoms with van der Waals surface area (Å²) in [6, 6.07) is 0.237. The summed E-state index contributed by atoms with van der Waals surface area (Å²) in [5.74, 6) is -0.363. The van der Waals surface area contributed by atoms with Gasteiger partial charge in [0.05, 0.1) is 13.1 Å². The molecule has 0 saturated carbocycles. The van der Waals surface area contributed by atoms with E-state index >= 15 is 0 Å². The van der Waals surface area contributed by atoms with Crippen LogP contribution in [0.4, 0.5) is 0 Å². The molecule has 0 radical (unpaired) electrons. The van der Waals surface area contributed by atoms with Crippen LogP contribution in [0.3, 0.4) is 0 Å². The minimum Gasteiger partial charge on any atom is -0.391 e. The number of nitrogens with zero attached hydrogens (tertiary/aromatic N) is 1.